The van der Waals surface area contributed by atoms with Gasteiger partial charge < -0.3 is 0 Å². The molecule has 0 aliphatic heterocycles. The fourth-order valence-electron chi connectivity index (χ4n) is 1.62. The van der Waals surface area contributed by atoms with E-state index in [2.05, 4.69) is 4.72 Å². The summed E-state index contributed by atoms with van der Waals surface area (Å²) in [6, 6.07) is 9.47. The van der Waals surface area contributed by atoms with Crippen molar-refractivity contribution in [3.8, 4) is 6.07 Å². The minimum atomic E-state index is -3.61. The number of hydrogen-bond acceptors (Lipinski definition) is 4. The van der Waals surface area contributed by atoms with E-state index in [0.29, 0.717) is 5.56 Å². The number of rotatable bonds is 4. The smallest absolute Gasteiger partial charge is 0.207 e. The van der Waals surface area contributed by atoms with E-state index in [0.717, 1.165) is 5.56 Å². The molecular weight excluding hydrogens is 280 g/mol. The van der Waals surface area contributed by atoms with Crippen molar-refractivity contribution in [3.63, 3.8) is 0 Å². The summed E-state index contributed by atoms with van der Waals surface area (Å²) >= 11 is 1.52. The Bertz CT molecular complexity index is 700. The van der Waals surface area contributed by atoms with Crippen molar-refractivity contribution in [2.45, 2.75) is 17.9 Å². The lowest BCUT2D eigenvalue weighted by atomic mass is 10.2. The summed E-state index contributed by atoms with van der Waals surface area (Å²) in [5.41, 5.74) is 1.25. The Morgan fingerprint density at radius 3 is 2.79 bits per heavy atom. The Balaban J connectivity index is 2.25. The molecule has 0 fully saturated rings. The number of nitrogens with zero attached hydrogens (tertiary/aromatic N) is 1. The molecule has 1 N–H and O–H groups in total. The van der Waals surface area contributed by atoms with Gasteiger partial charge in [-0.15, -0.1) is 0 Å². The molecule has 0 spiro atoms. The largest absolute Gasteiger partial charge is 0.241 e. The Morgan fingerprint density at radius 1 is 1.37 bits per heavy atom. The second-order valence-corrected chi connectivity index (χ2v) is 6.53. The Labute approximate surface area is 116 Å². The minimum absolute atomic E-state index is 0.105. The minimum Gasteiger partial charge on any atom is -0.207 e. The molecule has 19 heavy (non-hydrogen) atoms. The summed E-state index contributed by atoms with van der Waals surface area (Å²) in [5, 5.41) is 12.6. The highest BCUT2D eigenvalue weighted by atomic mass is 32.2. The van der Waals surface area contributed by atoms with Gasteiger partial charge in [0.25, 0.3) is 0 Å². The highest BCUT2D eigenvalue weighted by molar-refractivity contribution is 7.89. The molecule has 2 aromatic rings. The van der Waals surface area contributed by atoms with Crippen molar-refractivity contribution < 1.29 is 8.42 Å². The lowest BCUT2D eigenvalue weighted by molar-refractivity contribution is 0.567. The van der Waals surface area contributed by atoms with Crippen LogP contribution in [0.1, 0.15) is 24.1 Å². The average Bonchev–Trinajstić information content (AvgIpc) is 2.92. The lowest BCUT2D eigenvalue weighted by Crippen LogP contribution is -2.26. The van der Waals surface area contributed by atoms with E-state index in [1.165, 1.54) is 23.5 Å². The Hall–Kier alpha value is -1.68. The fourth-order valence-corrected chi connectivity index (χ4v) is 3.65. The summed E-state index contributed by atoms with van der Waals surface area (Å²) in [6.45, 7) is 1.79. The molecule has 1 heterocycles. The van der Waals surface area contributed by atoms with E-state index >= 15 is 0 Å². The first-order valence-electron chi connectivity index (χ1n) is 5.57. The Morgan fingerprint density at radius 2 is 2.16 bits per heavy atom. The zero-order valence-electron chi connectivity index (χ0n) is 10.2. The molecule has 0 amide bonds. The van der Waals surface area contributed by atoms with Crippen LogP contribution in [0.25, 0.3) is 0 Å². The summed E-state index contributed by atoms with van der Waals surface area (Å²) < 4.78 is 27.0. The van der Waals surface area contributed by atoms with E-state index in [4.69, 9.17) is 5.26 Å². The molecule has 0 aliphatic carbocycles. The van der Waals surface area contributed by atoms with Crippen LogP contribution < -0.4 is 4.72 Å². The van der Waals surface area contributed by atoms with Gasteiger partial charge in [-0.1, -0.05) is 6.07 Å². The van der Waals surface area contributed by atoms with Crippen LogP contribution in [0.3, 0.4) is 0 Å². The van der Waals surface area contributed by atoms with Gasteiger partial charge in [0.15, 0.2) is 0 Å². The van der Waals surface area contributed by atoms with Gasteiger partial charge in [0.1, 0.15) is 0 Å². The van der Waals surface area contributed by atoms with Crippen molar-refractivity contribution >= 4 is 21.4 Å². The van der Waals surface area contributed by atoms with E-state index in [9.17, 15) is 8.42 Å². The number of sulfonamides is 1. The predicted molar refractivity (Wildman–Crippen MR) is 74.2 cm³/mol. The third kappa shape index (κ3) is 3.20. The first-order chi connectivity index (χ1) is 9.03. The highest BCUT2D eigenvalue weighted by Gasteiger charge is 2.18. The van der Waals surface area contributed by atoms with Crippen LogP contribution in [0.4, 0.5) is 0 Å². The zero-order valence-corrected chi connectivity index (χ0v) is 11.8. The van der Waals surface area contributed by atoms with Crippen LogP contribution in [0.15, 0.2) is 46.0 Å². The van der Waals surface area contributed by atoms with Crippen LogP contribution in [0.5, 0.6) is 0 Å². The molecule has 1 atom stereocenters. The highest BCUT2D eigenvalue weighted by Crippen LogP contribution is 2.19. The molecule has 0 aliphatic rings. The molecule has 0 bridgehead atoms. The molecule has 1 aromatic heterocycles. The van der Waals surface area contributed by atoms with E-state index < -0.39 is 10.0 Å². The molecular formula is C13H12N2O2S2. The van der Waals surface area contributed by atoms with Crippen molar-refractivity contribution in [2.24, 2.45) is 0 Å². The second-order valence-electron chi connectivity index (χ2n) is 4.04. The van der Waals surface area contributed by atoms with Crippen molar-refractivity contribution in [1.82, 2.24) is 4.72 Å². The van der Waals surface area contributed by atoms with Crippen molar-refractivity contribution in [3.05, 3.63) is 52.2 Å². The van der Waals surface area contributed by atoms with Gasteiger partial charge in [-0.2, -0.15) is 16.6 Å². The summed E-state index contributed by atoms with van der Waals surface area (Å²) in [5.74, 6) is 0. The fraction of sp³-hybridized carbons (Fsp3) is 0.154. The maximum absolute atomic E-state index is 12.2. The van der Waals surface area contributed by atoms with Gasteiger partial charge in [-0.05, 0) is 47.5 Å². The normalized spacial score (nSPS) is 12.8. The first kappa shape index (κ1) is 13.7. The van der Waals surface area contributed by atoms with E-state index in [1.54, 1.807) is 19.1 Å². The molecule has 0 saturated heterocycles. The first-order valence-corrected chi connectivity index (χ1v) is 8.00. The molecule has 1 unspecified atom stereocenters. The van der Waals surface area contributed by atoms with Gasteiger partial charge in [-0.3, -0.25) is 0 Å². The standard InChI is InChI=1S/C13H12N2O2S2/c1-10(12-5-6-18-9-12)15-19(16,17)13-4-2-3-11(7-13)8-14/h2-7,9-10,15H,1H3. The zero-order chi connectivity index (χ0) is 13.9. The second kappa shape index (κ2) is 5.53. The Kier molecular flexibility index (Phi) is 4.00. The van der Waals surface area contributed by atoms with Gasteiger partial charge >= 0.3 is 0 Å². The summed E-state index contributed by atoms with van der Waals surface area (Å²) in [4.78, 5) is 0.105. The van der Waals surface area contributed by atoms with Gasteiger partial charge in [0.2, 0.25) is 10.0 Å². The topological polar surface area (TPSA) is 70.0 Å². The van der Waals surface area contributed by atoms with Crippen LogP contribution in [0.2, 0.25) is 0 Å². The molecule has 4 nitrogen and oxygen atoms in total. The molecule has 0 radical (unpaired) electrons. The number of hydrogen-bond donors (Lipinski definition) is 1. The number of thiophene rings is 1. The molecule has 1 aromatic carbocycles. The summed E-state index contributed by atoms with van der Waals surface area (Å²) in [7, 11) is -3.61. The van der Waals surface area contributed by atoms with E-state index in [1.807, 2.05) is 22.9 Å². The summed E-state index contributed by atoms with van der Waals surface area (Å²) in [6.07, 6.45) is 0. The third-order valence-corrected chi connectivity index (χ3v) is 4.89. The van der Waals surface area contributed by atoms with Crippen LogP contribution >= 0.6 is 11.3 Å². The lowest BCUT2D eigenvalue weighted by Gasteiger charge is -2.13. The van der Waals surface area contributed by atoms with Crippen molar-refractivity contribution in [2.75, 3.05) is 0 Å². The van der Waals surface area contributed by atoms with Gasteiger partial charge in [0, 0.05) is 6.04 Å². The van der Waals surface area contributed by atoms with Crippen molar-refractivity contribution in [1.29, 1.82) is 5.26 Å². The molecule has 0 saturated carbocycles. The maximum Gasteiger partial charge on any atom is 0.241 e. The monoisotopic (exact) mass is 292 g/mol. The van der Waals surface area contributed by atoms with Crippen LogP contribution in [0, 0.1) is 11.3 Å². The molecule has 2 rings (SSSR count). The quantitative estimate of drug-likeness (QED) is 0.941. The third-order valence-electron chi connectivity index (χ3n) is 2.65. The molecule has 6 heteroatoms. The van der Waals surface area contributed by atoms with Gasteiger partial charge in [-0.25, -0.2) is 13.1 Å². The SMILES string of the molecule is CC(NS(=O)(=O)c1cccc(C#N)c1)c1ccsc1. The average molecular weight is 292 g/mol. The van der Waals surface area contributed by atoms with Gasteiger partial charge in [0.05, 0.1) is 16.5 Å². The van der Waals surface area contributed by atoms with Crippen LogP contribution in [-0.4, -0.2) is 8.42 Å². The maximum atomic E-state index is 12.2. The van der Waals surface area contributed by atoms with Crippen LogP contribution in [-0.2, 0) is 10.0 Å². The predicted octanol–water partition coefficient (Wildman–Crippen LogP) is 2.66. The number of benzene rings is 1. The number of nitriles is 1. The number of nitrogens with one attached hydrogen (secondary N) is 1. The van der Waals surface area contributed by atoms with E-state index in [-0.39, 0.29) is 10.9 Å². The molecule has 98 valence electrons.